The molecule has 1 aromatic carbocycles. The Kier molecular flexibility index (Phi) is 3.91. The molecule has 120 valence electrons. The molecular weight excluding hydrogens is 317 g/mol. The molecule has 0 saturated heterocycles. The van der Waals surface area contributed by atoms with Crippen molar-refractivity contribution < 1.29 is 12.8 Å². The summed E-state index contributed by atoms with van der Waals surface area (Å²) in [7, 11) is -3.94. The van der Waals surface area contributed by atoms with Crippen LogP contribution in [0.3, 0.4) is 0 Å². The number of aromatic nitrogens is 2. The largest absolute Gasteiger partial charge is 0.330 e. The smallest absolute Gasteiger partial charge is 0.269 e. The predicted molar refractivity (Wildman–Crippen MR) is 86.2 cm³/mol. The lowest BCUT2D eigenvalue weighted by atomic mass is 10.2. The van der Waals surface area contributed by atoms with E-state index < -0.39 is 15.8 Å². The van der Waals surface area contributed by atoms with Crippen molar-refractivity contribution in [2.24, 2.45) is 5.73 Å². The summed E-state index contributed by atoms with van der Waals surface area (Å²) in [5.41, 5.74) is 7.19. The Hall–Kier alpha value is -2.25. The van der Waals surface area contributed by atoms with Crippen LogP contribution >= 0.6 is 0 Å². The second-order valence-corrected chi connectivity index (χ2v) is 7.06. The first-order valence-electron chi connectivity index (χ1n) is 7.12. The van der Waals surface area contributed by atoms with Crippen LogP contribution in [0.4, 0.5) is 4.39 Å². The predicted octanol–water partition coefficient (Wildman–Crippen LogP) is 2.22. The molecule has 0 spiro atoms. The van der Waals surface area contributed by atoms with Gasteiger partial charge in [0.2, 0.25) is 0 Å². The Morgan fingerprint density at radius 2 is 2.09 bits per heavy atom. The van der Waals surface area contributed by atoms with E-state index in [0.29, 0.717) is 24.2 Å². The number of aryl methyl sites for hydroxylation is 1. The van der Waals surface area contributed by atoms with Gasteiger partial charge in [0.25, 0.3) is 10.0 Å². The van der Waals surface area contributed by atoms with Gasteiger partial charge in [0, 0.05) is 17.8 Å². The third-order valence-electron chi connectivity index (χ3n) is 3.72. The SMILES string of the molecule is Cc1ccc(F)cc1S(=O)(=O)n1cc(CCN)c2cccnc21. The van der Waals surface area contributed by atoms with Crippen molar-refractivity contribution in [3.05, 3.63) is 59.7 Å². The zero-order valence-electron chi connectivity index (χ0n) is 12.5. The van der Waals surface area contributed by atoms with Crippen molar-refractivity contribution >= 4 is 21.1 Å². The zero-order valence-corrected chi connectivity index (χ0v) is 13.3. The summed E-state index contributed by atoms with van der Waals surface area (Å²) in [5, 5.41) is 0.732. The van der Waals surface area contributed by atoms with Crippen LogP contribution in [0.25, 0.3) is 11.0 Å². The molecule has 0 unspecified atom stereocenters. The lowest BCUT2D eigenvalue weighted by Crippen LogP contribution is -2.14. The molecule has 2 heterocycles. The van der Waals surface area contributed by atoms with E-state index in [0.717, 1.165) is 21.0 Å². The molecule has 0 aliphatic heterocycles. The Balaban J connectivity index is 2.29. The summed E-state index contributed by atoms with van der Waals surface area (Å²) >= 11 is 0. The molecule has 2 aromatic heterocycles. The summed E-state index contributed by atoms with van der Waals surface area (Å²) < 4.78 is 40.6. The van der Waals surface area contributed by atoms with Crippen molar-refractivity contribution in [3.8, 4) is 0 Å². The molecule has 3 aromatic rings. The van der Waals surface area contributed by atoms with Crippen LogP contribution in [0.15, 0.2) is 47.6 Å². The van der Waals surface area contributed by atoms with Gasteiger partial charge >= 0.3 is 0 Å². The van der Waals surface area contributed by atoms with Gasteiger partial charge in [-0.1, -0.05) is 6.07 Å². The third-order valence-corrected chi connectivity index (χ3v) is 5.51. The number of halogens is 1. The number of fused-ring (bicyclic) bond motifs is 1. The second kappa shape index (κ2) is 5.75. The summed E-state index contributed by atoms with van der Waals surface area (Å²) in [5.74, 6) is -0.597. The van der Waals surface area contributed by atoms with E-state index in [1.807, 2.05) is 0 Å². The highest BCUT2D eigenvalue weighted by Crippen LogP contribution is 2.26. The first-order valence-corrected chi connectivity index (χ1v) is 8.56. The molecule has 0 bridgehead atoms. The van der Waals surface area contributed by atoms with Crippen molar-refractivity contribution in [3.63, 3.8) is 0 Å². The maximum Gasteiger partial charge on any atom is 0.269 e. The van der Waals surface area contributed by atoms with Crippen molar-refractivity contribution in [1.29, 1.82) is 0 Å². The highest BCUT2D eigenvalue weighted by atomic mass is 32.2. The average Bonchev–Trinajstić information content (AvgIpc) is 2.90. The highest BCUT2D eigenvalue weighted by Gasteiger charge is 2.24. The van der Waals surface area contributed by atoms with Gasteiger partial charge in [-0.25, -0.2) is 21.8 Å². The minimum atomic E-state index is -3.94. The van der Waals surface area contributed by atoms with E-state index in [4.69, 9.17) is 5.73 Å². The second-order valence-electron chi connectivity index (χ2n) is 5.28. The van der Waals surface area contributed by atoms with Crippen LogP contribution in [-0.4, -0.2) is 23.9 Å². The number of pyridine rings is 1. The summed E-state index contributed by atoms with van der Waals surface area (Å²) in [6, 6.07) is 7.26. The monoisotopic (exact) mass is 333 g/mol. The summed E-state index contributed by atoms with van der Waals surface area (Å²) in [4.78, 5) is 4.11. The van der Waals surface area contributed by atoms with Gasteiger partial charge in [-0.2, -0.15) is 0 Å². The minimum Gasteiger partial charge on any atom is -0.330 e. The number of benzene rings is 1. The van der Waals surface area contributed by atoms with Crippen LogP contribution in [0.2, 0.25) is 0 Å². The Bertz CT molecular complexity index is 980. The first-order chi connectivity index (χ1) is 10.9. The van der Waals surface area contributed by atoms with Gasteiger partial charge in [-0.3, -0.25) is 0 Å². The number of hydrogen-bond acceptors (Lipinski definition) is 4. The molecule has 0 aliphatic carbocycles. The molecular formula is C16H16FN3O2S. The van der Waals surface area contributed by atoms with E-state index in [1.54, 1.807) is 19.1 Å². The lowest BCUT2D eigenvalue weighted by Gasteiger charge is -2.09. The normalized spacial score (nSPS) is 12.0. The maximum atomic E-state index is 13.5. The van der Waals surface area contributed by atoms with Gasteiger partial charge in [-0.15, -0.1) is 0 Å². The van der Waals surface area contributed by atoms with Crippen LogP contribution in [0, 0.1) is 12.7 Å². The lowest BCUT2D eigenvalue weighted by molar-refractivity contribution is 0.583. The molecule has 0 aliphatic rings. The van der Waals surface area contributed by atoms with Gasteiger partial charge < -0.3 is 5.73 Å². The van der Waals surface area contributed by atoms with Gasteiger partial charge in [0.05, 0.1) is 4.90 Å². The van der Waals surface area contributed by atoms with Crippen molar-refractivity contribution in [1.82, 2.24) is 8.96 Å². The summed E-state index contributed by atoms with van der Waals surface area (Å²) in [6.07, 6.45) is 3.58. The van der Waals surface area contributed by atoms with Crippen molar-refractivity contribution in [2.45, 2.75) is 18.2 Å². The number of rotatable bonds is 4. The number of nitrogens with zero attached hydrogens (tertiary/aromatic N) is 2. The molecule has 0 atom stereocenters. The summed E-state index contributed by atoms with van der Waals surface area (Å²) in [6.45, 7) is 2.03. The van der Waals surface area contributed by atoms with E-state index in [-0.39, 0.29) is 4.90 Å². The topological polar surface area (TPSA) is 78.0 Å². The van der Waals surface area contributed by atoms with E-state index in [1.165, 1.54) is 24.5 Å². The van der Waals surface area contributed by atoms with Gasteiger partial charge in [0.1, 0.15) is 5.82 Å². The Labute approximate surface area is 133 Å². The molecule has 0 fully saturated rings. The van der Waals surface area contributed by atoms with Crippen LogP contribution < -0.4 is 5.73 Å². The molecule has 0 amide bonds. The van der Waals surface area contributed by atoms with Crippen molar-refractivity contribution in [2.75, 3.05) is 6.54 Å². The van der Waals surface area contributed by atoms with E-state index in [9.17, 15) is 12.8 Å². The van der Waals surface area contributed by atoms with Gasteiger partial charge in [0.15, 0.2) is 5.65 Å². The molecule has 3 rings (SSSR count). The quantitative estimate of drug-likeness (QED) is 0.794. The first kappa shape index (κ1) is 15.6. The van der Waals surface area contributed by atoms with E-state index >= 15 is 0 Å². The van der Waals surface area contributed by atoms with Gasteiger partial charge in [-0.05, 0) is 55.3 Å². The third kappa shape index (κ3) is 2.62. The molecule has 0 saturated carbocycles. The fourth-order valence-electron chi connectivity index (χ4n) is 2.59. The fraction of sp³-hybridized carbons (Fsp3) is 0.188. The Morgan fingerprint density at radius 1 is 1.30 bits per heavy atom. The zero-order chi connectivity index (χ0) is 16.6. The molecule has 23 heavy (non-hydrogen) atoms. The highest BCUT2D eigenvalue weighted by molar-refractivity contribution is 7.90. The fourth-order valence-corrected chi connectivity index (χ4v) is 4.18. The van der Waals surface area contributed by atoms with Crippen LogP contribution in [-0.2, 0) is 16.4 Å². The molecule has 7 heteroatoms. The number of hydrogen-bond donors (Lipinski definition) is 1. The minimum absolute atomic E-state index is 0.0700. The number of nitrogens with two attached hydrogens (primary N) is 1. The molecule has 0 radical (unpaired) electrons. The molecule has 5 nitrogen and oxygen atoms in total. The Morgan fingerprint density at radius 3 is 2.83 bits per heavy atom. The van der Waals surface area contributed by atoms with Crippen LogP contribution in [0.1, 0.15) is 11.1 Å². The molecule has 2 N–H and O–H groups in total. The standard InChI is InChI=1S/C16H16FN3O2S/c1-11-4-5-13(17)9-15(11)23(21,22)20-10-12(6-7-18)14-3-2-8-19-16(14)20/h2-5,8-10H,6-7,18H2,1H3. The van der Waals surface area contributed by atoms with Crippen LogP contribution in [0.5, 0.6) is 0 Å². The van der Waals surface area contributed by atoms with E-state index in [2.05, 4.69) is 4.98 Å². The average molecular weight is 333 g/mol. The maximum absolute atomic E-state index is 13.5.